The van der Waals surface area contributed by atoms with Crippen molar-refractivity contribution < 1.29 is 12.8 Å². The van der Waals surface area contributed by atoms with Gasteiger partial charge in [-0.2, -0.15) is 0 Å². The summed E-state index contributed by atoms with van der Waals surface area (Å²) < 4.78 is 0. The number of carboxylic acid groups (broad SMARTS) is 1. The van der Waals surface area contributed by atoms with Crippen LogP contribution >= 0.6 is 0 Å². The van der Waals surface area contributed by atoms with Crippen molar-refractivity contribution in [3.8, 4) is 0 Å². The zero-order chi connectivity index (χ0) is 9.78. The van der Waals surface area contributed by atoms with E-state index in [1.807, 2.05) is 6.92 Å². The molecule has 1 unspecified atom stereocenters. The largest absolute Gasteiger partial charge is 2.00 e. The first kappa shape index (κ1) is 15.7. The van der Waals surface area contributed by atoms with Crippen molar-refractivity contribution in [1.29, 1.82) is 0 Å². The van der Waals surface area contributed by atoms with Crippen LogP contribution in [0.25, 0.3) is 0 Å². The summed E-state index contributed by atoms with van der Waals surface area (Å²) in [5.41, 5.74) is -0.574. The van der Waals surface area contributed by atoms with Gasteiger partial charge in [-0.3, -0.25) is 4.79 Å². The average Bonchev–Trinajstić information content (AvgIpc) is 1.99. The quantitative estimate of drug-likeness (QED) is 0.690. The van der Waals surface area contributed by atoms with Crippen molar-refractivity contribution in [3.05, 3.63) is 0 Å². The Bertz CT molecular complexity index is 164. The van der Waals surface area contributed by atoms with Crippen LogP contribution in [0.5, 0.6) is 0 Å². The van der Waals surface area contributed by atoms with E-state index in [0.717, 1.165) is 19.3 Å². The number of unbranched alkanes of at least 4 members (excludes halogenated alkanes) is 1. The predicted octanol–water partition coefficient (Wildman–Crippen LogP) is 2.77. The van der Waals surface area contributed by atoms with Gasteiger partial charge in [-0.1, -0.05) is 26.7 Å². The Balaban J connectivity index is -0.000000202. The summed E-state index contributed by atoms with van der Waals surface area (Å²) in [5.74, 6) is -0.430. The molecule has 0 fully saturated rings. The molecule has 0 saturated carbocycles. The summed E-state index contributed by atoms with van der Waals surface area (Å²) in [6.07, 6.45) is 3.27. The first-order valence-corrected chi connectivity index (χ1v) is 4.66. The molecule has 13 heavy (non-hydrogen) atoms. The van der Waals surface area contributed by atoms with Crippen molar-refractivity contribution >= 4 is 29.0 Å². The summed E-state index contributed by atoms with van der Waals surface area (Å²) >= 11 is 0. The predicted molar refractivity (Wildman–Crippen MR) is 58.1 cm³/mol. The third-order valence-electron chi connectivity index (χ3n) is 2.77. The fourth-order valence-corrected chi connectivity index (χ4v) is 1.08. The average molecular weight is 199 g/mol. The summed E-state index contributed by atoms with van der Waals surface area (Å²) in [7, 11) is 0. The van der Waals surface area contributed by atoms with Crippen LogP contribution in [0.15, 0.2) is 0 Å². The fraction of sp³-hybridized carbons (Fsp3) is 0.900. The maximum absolute atomic E-state index is 10.8. The number of hydrogen-bond acceptors (Lipinski definition) is 1. The van der Waals surface area contributed by atoms with Gasteiger partial charge in [-0.25, -0.2) is 0 Å². The van der Waals surface area contributed by atoms with Gasteiger partial charge in [-0.15, -0.1) is 0 Å². The van der Waals surface area contributed by atoms with Crippen LogP contribution in [0.1, 0.15) is 49.8 Å². The number of carbonyl (C=O) groups is 1. The summed E-state index contributed by atoms with van der Waals surface area (Å²) in [5, 5.41) is 8.91. The van der Waals surface area contributed by atoms with Gasteiger partial charge in [-0.05, 0) is 26.2 Å². The summed E-state index contributed by atoms with van der Waals surface area (Å²) in [6, 6.07) is 0. The molecule has 0 aromatic carbocycles. The third kappa shape index (κ3) is 4.86. The van der Waals surface area contributed by atoms with Gasteiger partial charge in [0.25, 0.3) is 0 Å². The number of hydrogen-bond donors (Lipinski definition) is 1. The minimum absolute atomic E-state index is 0. The van der Waals surface area contributed by atoms with Gasteiger partial charge in [0.1, 0.15) is 0 Å². The number of rotatable bonds is 5. The normalized spacial score (nSPS) is 13.2. The van der Waals surface area contributed by atoms with E-state index in [1.54, 1.807) is 13.8 Å². The van der Waals surface area contributed by atoms with E-state index < -0.39 is 11.4 Å². The SMILES string of the molecule is CCCCC(C)C(C)(C)C(=O)O.[H-].[H-].[Mg+2]. The number of carboxylic acids is 1. The second-order valence-corrected chi connectivity index (χ2v) is 4.07. The maximum Gasteiger partial charge on any atom is 2.00 e. The molecule has 0 heterocycles. The van der Waals surface area contributed by atoms with Gasteiger partial charge >= 0.3 is 29.0 Å². The molecular formula is C10H22MgO2. The Morgan fingerprint density at radius 3 is 2.31 bits per heavy atom. The second-order valence-electron chi connectivity index (χ2n) is 4.07. The minimum Gasteiger partial charge on any atom is -1.00 e. The van der Waals surface area contributed by atoms with Crippen molar-refractivity contribution in [2.75, 3.05) is 0 Å². The van der Waals surface area contributed by atoms with Crippen LogP contribution in [0.3, 0.4) is 0 Å². The van der Waals surface area contributed by atoms with E-state index in [1.165, 1.54) is 0 Å². The molecule has 0 aliphatic carbocycles. The molecule has 1 N–H and O–H groups in total. The van der Waals surface area contributed by atoms with E-state index in [0.29, 0.717) is 0 Å². The maximum atomic E-state index is 10.8. The summed E-state index contributed by atoms with van der Waals surface area (Å²) in [6.45, 7) is 7.75. The van der Waals surface area contributed by atoms with Crippen LogP contribution < -0.4 is 0 Å². The Labute approximate surface area is 100 Å². The third-order valence-corrected chi connectivity index (χ3v) is 2.77. The van der Waals surface area contributed by atoms with E-state index in [9.17, 15) is 4.79 Å². The molecule has 0 rings (SSSR count). The first-order valence-electron chi connectivity index (χ1n) is 4.66. The molecule has 0 radical (unpaired) electrons. The van der Waals surface area contributed by atoms with Gasteiger partial charge < -0.3 is 7.96 Å². The van der Waals surface area contributed by atoms with Crippen LogP contribution in [-0.2, 0) is 4.79 Å². The Kier molecular flexibility index (Phi) is 8.04. The molecule has 0 amide bonds. The van der Waals surface area contributed by atoms with Gasteiger partial charge in [0.05, 0.1) is 5.41 Å². The van der Waals surface area contributed by atoms with Crippen LogP contribution in [0.2, 0.25) is 0 Å². The van der Waals surface area contributed by atoms with Crippen molar-refractivity contribution in [3.63, 3.8) is 0 Å². The van der Waals surface area contributed by atoms with Crippen LogP contribution in [0, 0.1) is 11.3 Å². The molecular weight excluding hydrogens is 176 g/mol. The molecule has 0 aliphatic heterocycles. The minimum atomic E-state index is -0.689. The standard InChI is InChI=1S/C10H20O2.Mg.2H/c1-5-6-7-8(2)10(3,4)9(11)12;;;/h8H,5-7H2,1-4H3,(H,11,12);;;/q;+2;2*-1. The van der Waals surface area contributed by atoms with Crippen LogP contribution in [0.4, 0.5) is 0 Å². The summed E-state index contributed by atoms with van der Waals surface area (Å²) in [4.78, 5) is 10.8. The first-order chi connectivity index (χ1) is 5.42. The molecule has 0 aliphatic rings. The zero-order valence-electron chi connectivity index (χ0n) is 11.3. The van der Waals surface area contributed by atoms with E-state index in [4.69, 9.17) is 5.11 Å². The number of aliphatic carboxylic acids is 1. The Hall–Kier alpha value is 0.236. The Morgan fingerprint density at radius 1 is 1.54 bits per heavy atom. The fourth-order valence-electron chi connectivity index (χ4n) is 1.08. The molecule has 0 spiro atoms. The van der Waals surface area contributed by atoms with Crippen molar-refractivity contribution in [2.45, 2.75) is 47.0 Å². The molecule has 0 aromatic rings. The van der Waals surface area contributed by atoms with Crippen molar-refractivity contribution in [2.24, 2.45) is 11.3 Å². The molecule has 2 nitrogen and oxygen atoms in total. The molecule has 0 saturated heterocycles. The van der Waals surface area contributed by atoms with E-state index >= 15 is 0 Å². The molecule has 76 valence electrons. The second kappa shape index (κ2) is 6.65. The van der Waals surface area contributed by atoms with Crippen molar-refractivity contribution in [1.82, 2.24) is 0 Å². The van der Waals surface area contributed by atoms with Gasteiger partial charge in [0.15, 0.2) is 0 Å². The molecule has 0 aromatic heterocycles. The van der Waals surface area contributed by atoms with E-state index in [-0.39, 0.29) is 31.8 Å². The van der Waals surface area contributed by atoms with Crippen LogP contribution in [-0.4, -0.2) is 34.1 Å². The van der Waals surface area contributed by atoms with Gasteiger partial charge in [0.2, 0.25) is 0 Å². The molecule has 0 bridgehead atoms. The molecule has 1 atom stereocenters. The van der Waals surface area contributed by atoms with Gasteiger partial charge in [0, 0.05) is 0 Å². The van der Waals surface area contributed by atoms with E-state index in [2.05, 4.69) is 6.92 Å². The Morgan fingerprint density at radius 2 is 2.00 bits per heavy atom. The zero-order valence-corrected chi connectivity index (χ0v) is 10.7. The smallest absolute Gasteiger partial charge is 1.00 e. The topological polar surface area (TPSA) is 37.3 Å². The monoisotopic (exact) mass is 198 g/mol. The molecule has 3 heteroatoms.